The number of halogens is 1. The van der Waals surface area contributed by atoms with Gasteiger partial charge in [0.05, 0.1) is 13.2 Å². The Kier molecular flexibility index (Phi) is 4.23. The summed E-state index contributed by atoms with van der Waals surface area (Å²) in [7, 11) is 0. The van der Waals surface area contributed by atoms with E-state index in [1.165, 1.54) is 30.6 Å². The molecule has 0 spiro atoms. The Balaban J connectivity index is 1.77. The number of thiophene rings is 1. The van der Waals surface area contributed by atoms with Gasteiger partial charge in [-0.1, -0.05) is 34.8 Å². The van der Waals surface area contributed by atoms with Gasteiger partial charge in [-0.15, -0.1) is 11.3 Å². The minimum Gasteiger partial charge on any atom is -0.375 e. The van der Waals surface area contributed by atoms with Crippen LogP contribution >= 0.6 is 27.3 Å². The lowest BCUT2D eigenvalue weighted by Crippen LogP contribution is -2.25. The van der Waals surface area contributed by atoms with E-state index in [1.807, 2.05) is 0 Å². The summed E-state index contributed by atoms with van der Waals surface area (Å²) in [5, 5.41) is 3.19. The molecule has 1 aliphatic rings. The van der Waals surface area contributed by atoms with Crippen LogP contribution in [0.1, 0.15) is 30.6 Å². The smallest absolute Gasteiger partial charge is 0.0809 e. The minimum atomic E-state index is 0.428. The number of alkyl halides is 1. The van der Waals surface area contributed by atoms with E-state index < -0.39 is 0 Å². The van der Waals surface area contributed by atoms with Gasteiger partial charge in [-0.2, -0.15) is 0 Å². The van der Waals surface area contributed by atoms with Crippen molar-refractivity contribution < 1.29 is 4.74 Å². The van der Waals surface area contributed by atoms with Gasteiger partial charge in [0.25, 0.3) is 0 Å². The zero-order valence-electron chi connectivity index (χ0n) is 8.88. The first-order chi connectivity index (χ1) is 7.35. The molecule has 15 heavy (non-hydrogen) atoms. The minimum absolute atomic E-state index is 0.428. The fourth-order valence-corrected chi connectivity index (χ4v) is 3.57. The van der Waals surface area contributed by atoms with Gasteiger partial charge in [0, 0.05) is 15.6 Å². The molecule has 1 aliphatic carbocycles. The number of rotatable bonds is 5. The van der Waals surface area contributed by atoms with Crippen molar-refractivity contribution in [2.45, 2.75) is 32.3 Å². The second-order valence-corrected chi connectivity index (χ2v) is 6.01. The molecule has 1 aromatic heterocycles. The number of hydrogen-bond acceptors (Lipinski definition) is 2. The van der Waals surface area contributed by atoms with E-state index in [0.29, 0.717) is 5.41 Å². The largest absolute Gasteiger partial charge is 0.375 e. The fraction of sp³-hybridized carbons (Fsp3) is 0.667. The van der Waals surface area contributed by atoms with Crippen molar-refractivity contribution in [3.05, 3.63) is 22.4 Å². The molecule has 3 heteroatoms. The third-order valence-electron chi connectivity index (χ3n) is 3.18. The van der Waals surface area contributed by atoms with Crippen molar-refractivity contribution in [1.29, 1.82) is 0 Å². The molecule has 1 fully saturated rings. The van der Waals surface area contributed by atoms with E-state index >= 15 is 0 Å². The van der Waals surface area contributed by atoms with Gasteiger partial charge in [-0.3, -0.25) is 0 Å². The van der Waals surface area contributed by atoms with Gasteiger partial charge in [0.2, 0.25) is 0 Å². The Bertz CT molecular complexity index is 278. The molecule has 1 heterocycles. The molecule has 0 aromatic carbocycles. The van der Waals surface area contributed by atoms with Crippen molar-refractivity contribution in [3.8, 4) is 0 Å². The lowest BCUT2D eigenvalue weighted by atomic mass is 9.90. The molecule has 0 radical (unpaired) electrons. The van der Waals surface area contributed by atoms with Gasteiger partial charge < -0.3 is 4.74 Å². The first-order valence-electron chi connectivity index (χ1n) is 5.51. The van der Waals surface area contributed by atoms with Crippen molar-refractivity contribution in [2.24, 2.45) is 5.41 Å². The highest BCUT2D eigenvalue weighted by Gasteiger charge is 2.32. The Morgan fingerprint density at radius 3 is 2.80 bits per heavy atom. The summed E-state index contributed by atoms with van der Waals surface area (Å²) in [6, 6.07) is 4.22. The second-order valence-electron chi connectivity index (χ2n) is 4.41. The molecule has 84 valence electrons. The maximum absolute atomic E-state index is 5.84. The van der Waals surface area contributed by atoms with E-state index in [0.717, 1.165) is 18.5 Å². The van der Waals surface area contributed by atoms with Crippen LogP contribution in [0.25, 0.3) is 0 Å². The standard InChI is InChI=1S/C12H17BrOS/c13-9-12(5-1-2-6-12)10-14-8-11-4-3-7-15-11/h3-4,7H,1-2,5-6,8-10H2. The quantitative estimate of drug-likeness (QED) is 0.737. The molecule has 0 N–H and O–H groups in total. The normalized spacial score (nSPS) is 19.5. The van der Waals surface area contributed by atoms with E-state index in [2.05, 4.69) is 33.4 Å². The highest BCUT2D eigenvalue weighted by atomic mass is 79.9. The maximum atomic E-state index is 5.84. The van der Waals surface area contributed by atoms with E-state index in [-0.39, 0.29) is 0 Å². The summed E-state index contributed by atoms with van der Waals surface area (Å²) in [5.74, 6) is 0. The number of ether oxygens (including phenoxy) is 1. The van der Waals surface area contributed by atoms with Crippen LogP contribution in [-0.4, -0.2) is 11.9 Å². The van der Waals surface area contributed by atoms with Gasteiger partial charge in [0.1, 0.15) is 0 Å². The molecule has 0 amide bonds. The van der Waals surface area contributed by atoms with Crippen molar-refractivity contribution >= 4 is 27.3 Å². The highest BCUT2D eigenvalue weighted by molar-refractivity contribution is 9.09. The van der Waals surface area contributed by atoms with Gasteiger partial charge >= 0.3 is 0 Å². The molecule has 0 atom stereocenters. The summed E-state index contributed by atoms with van der Waals surface area (Å²) in [4.78, 5) is 1.33. The Hall–Kier alpha value is 0.140. The molecule has 2 rings (SSSR count). The molecule has 0 aliphatic heterocycles. The second kappa shape index (κ2) is 5.46. The summed E-state index contributed by atoms with van der Waals surface area (Å²) < 4.78 is 5.84. The third kappa shape index (κ3) is 3.05. The molecule has 1 aromatic rings. The average molecular weight is 289 g/mol. The van der Waals surface area contributed by atoms with E-state index in [1.54, 1.807) is 11.3 Å². The van der Waals surface area contributed by atoms with Crippen LogP contribution in [0, 0.1) is 5.41 Å². The van der Waals surface area contributed by atoms with Crippen LogP contribution in [0.5, 0.6) is 0 Å². The van der Waals surface area contributed by atoms with Gasteiger partial charge in [0.15, 0.2) is 0 Å². The van der Waals surface area contributed by atoms with Crippen molar-refractivity contribution in [1.82, 2.24) is 0 Å². The lowest BCUT2D eigenvalue weighted by molar-refractivity contribution is 0.0500. The van der Waals surface area contributed by atoms with Crippen LogP contribution in [0.2, 0.25) is 0 Å². The summed E-state index contributed by atoms with van der Waals surface area (Å²) in [6.07, 6.45) is 5.38. The third-order valence-corrected chi connectivity index (χ3v) is 5.22. The lowest BCUT2D eigenvalue weighted by Gasteiger charge is -2.25. The molecule has 0 saturated heterocycles. The Morgan fingerprint density at radius 1 is 1.40 bits per heavy atom. The van der Waals surface area contributed by atoms with Gasteiger partial charge in [-0.25, -0.2) is 0 Å². The Morgan fingerprint density at radius 2 is 2.20 bits per heavy atom. The molecule has 0 unspecified atom stereocenters. The first kappa shape index (κ1) is 11.6. The van der Waals surface area contributed by atoms with E-state index in [4.69, 9.17) is 4.74 Å². The average Bonchev–Trinajstić information content (AvgIpc) is 2.89. The fourth-order valence-electron chi connectivity index (χ4n) is 2.20. The zero-order chi connectivity index (χ0) is 10.6. The van der Waals surface area contributed by atoms with Crippen LogP contribution in [0.15, 0.2) is 17.5 Å². The first-order valence-corrected chi connectivity index (χ1v) is 7.51. The van der Waals surface area contributed by atoms with Gasteiger partial charge in [-0.05, 0) is 24.3 Å². The van der Waals surface area contributed by atoms with Crippen LogP contribution in [0.3, 0.4) is 0 Å². The molecule has 1 nitrogen and oxygen atoms in total. The molecular weight excluding hydrogens is 272 g/mol. The summed E-state index contributed by atoms with van der Waals surface area (Å²) in [5.41, 5.74) is 0.428. The SMILES string of the molecule is BrCC1(COCc2cccs2)CCCC1. The van der Waals surface area contributed by atoms with Crippen molar-refractivity contribution in [3.63, 3.8) is 0 Å². The maximum Gasteiger partial charge on any atom is 0.0809 e. The summed E-state index contributed by atoms with van der Waals surface area (Å²) >= 11 is 5.41. The van der Waals surface area contributed by atoms with E-state index in [9.17, 15) is 0 Å². The number of hydrogen-bond donors (Lipinski definition) is 0. The highest BCUT2D eigenvalue weighted by Crippen LogP contribution is 2.39. The predicted molar refractivity (Wildman–Crippen MR) is 68.7 cm³/mol. The molecule has 0 bridgehead atoms. The van der Waals surface area contributed by atoms with Crippen molar-refractivity contribution in [2.75, 3.05) is 11.9 Å². The van der Waals surface area contributed by atoms with Crippen LogP contribution < -0.4 is 0 Å². The molecular formula is C12H17BrOS. The zero-order valence-corrected chi connectivity index (χ0v) is 11.3. The molecule has 1 saturated carbocycles. The Labute approximate surface area is 104 Å². The predicted octanol–water partition coefficient (Wildman–Crippen LogP) is 4.22. The topological polar surface area (TPSA) is 9.23 Å². The van der Waals surface area contributed by atoms with Crippen LogP contribution in [-0.2, 0) is 11.3 Å². The van der Waals surface area contributed by atoms with Crippen LogP contribution in [0.4, 0.5) is 0 Å². The monoisotopic (exact) mass is 288 g/mol. The summed E-state index contributed by atoms with van der Waals surface area (Å²) in [6.45, 7) is 1.70.